The van der Waals surface area contributed by atoms with Gasteiger partial charge in [0.2, 0.25) is 5.16 Å². The van der Waals surface area contributed by atoms with Crippen LogP contribution in [0.2, 0.25) is 0 Å². The van der Waals surface area contributed by atoms with Crippen LogP contribution in [0.5, 0.6) is 0 Å². The summed E-state index contributed by atoms with van der Waals surface area (Å²) in [6, 6.07) is 24.6. The molecule has 262 valence electrons. The van der Waals surface area contributed by atoms with Gasteiger partial charge >= 0.3 is 6.03 Å². The van der Waals surface area contributed by atoms with Gasteiger partial charge in [0.05, 0.1) is 18.8 Å². The van der Waals surface area contributed by atoms with E-state index in [0.29, 0.717) is 12.3 Å². The predicted molar refractivity (Wildman–Crippen MR) is 191 cm³/mol. The zero-order valence-electron chi connectivity index (χ0n) is 28.7. The maximum atomic E-state index is 13.1. The van der Waals surface area contributed by atoms with Crippen molar-refractivity contribution in [3.05, 3.63) is 95.1 Å². The fourth-order valence-electron chi connectivity index (χ4n) is 9.27. The Morgan fingerprint density at radius 3 is 2.30 bits per heavy atom. The van der Waals surface area contributed by atoms with Gasteiger partial charge in [-0.2, -0.15) is 0 Å². The van der Waals surface area contributed by atoms with Gasteiger partial charge < -0.3 is 25.2 Å². The maximum absolute atomic E-state index is 13.1. The van der Waals surface area contributed by atoms with Gasteiger partial charge in [-0.1, -0.05) is 79.3 Å². The smallest absolute Gasteiger partial charge is 0.315 e. The number of carbonyl (C=O) groups is 1. The number of hydrogen-bond donors (Lipinski definition) is 3. The average molecular weight is 695 g/mol. The third kappa shape index (κ3) is 7.06. The Bertz CT molecular complexity index is 1780. The summed E-state index contributed by atoms with van der Waals surface area (Å²) >= 11 is 1.57. The molecule has 4 unspecified atom stereocenters. The molecule has 0 spiro atoms. The monoisotopic (exact) mass is 694 g/mol. The van der Waals surface area contributed by atoms with Crippen LogP contribution in [-0.4, -0.2) is 48.7 Å². The molecule has 5 fully saturated rings. The Labute approximate surface area is 297 Å². The SMILES string of the molecule is CC1C(CSc2nnnn2C)OC(c2cccc(-c3cccc(CNC(=O)NC45CC6CC(CC(C6)C4)C5)c3)c2)OC1c1ccc(CO)cc1. The summed E-state index contributed by atoms with van der Waals surface area (Å²) < 4.78 is 15.1. The number of thioether (sulfide) groups is 1. The summed E-state index contributed by atoms with van der Waals surface area (Å²) in [5.41, 5.74) is 5.99. The molecule has 2 amide bonds. The summed E-state index contributed by atoms with van der Waals surface area (Å²) in [5.74, 6) is 3.07. The van der Waals surface area contributed by atoms with E-state index in [1.165, 1.54) is 19.3 Å². The summed E-state index contributed by atoms with van der Waals surface area (Å²) in [4.78, 5) is 13.1. The number of aliphatic hydroxyl groups excluding tert-OH is 1. The summed E-state index contributed by atoms with van der Waals surface area (Å²) in [7, 11) is 1.83. The third-order valence-corrected chi connectivity index (χ3v) is 12.5. The number of benzene rings is 3. The standard InChI is InChI=1S/C39H46N6O4S/c1-24-34(23-50-38-42-43-44-45(38)2)48-36(49-35(24)30-11-9-25(22-46)10-12-30)33-8-4-7-32(17-33)31-6-3-5-26(16-31)21-40-37(47)41-39-18-27-13-28(19-39)15-29(14-27)20-39/h3-12,16-17,24,27-29,34-36,46H,13-15,18-23H2,1-2H3,(H2,40,41,47). The van der Waals surface area contributed by atoms with Crippen molar-refractivity contribution in [1.82, 2.24) is 30.8 Å². The number of nitrogens with one attached hydrogen (secondary N) is 2. The lowest BCUT2D eigenvalue weighted by Crippen LogP contribution is -2.61. The van der Waals surface area contributed by atoms with Crippen LogP contribution in [0.25, 0.3) is 11.1 Å². The first-order valence-electron chi connectivity index (χ1n) is 17.9. The first kappa shape index (κ1) is 33.4. The Kier molecular flexibility index (Phi) is 9.41. The second kappa shape index (κ2) is 14.1. The largest absolute Gasteiger partial charge is 0.392 e. The van der Waals surface area contributed by atoms with Crippen LogP contribution in [0.1, 0.15) is 80.1 Å². The molecule has 4 atom stereocenters. The van der Waals surface area contributed by atoms with E-state index in [1.54, 1.807) is 16.4 Å². The topological polar surface area (TPSA) is 123 Å². The van der Waals surface area contributed by atoms with E-state index in [0.717, 1.165) is 75.6 Å². The van der Waals surface area contributed by atoms with E-state index in [-0.39, 0.29) is 36.3 Å². The van der Waals surface area contributed by atoms with Crippen molar-refractivity contribution in [1.29, 1.82) is 0 Å². The minimum atomic E-state index is -0.588. The Hall–Kier alpha value is -3.77. The highest BCUT2D eigenvalue weighted by Gasteiger charge is 2.51. The first-order valence-corrected chi connectivity index (χ1v) is 18.9. The number of amides is 2. The molecule has 9 rings (SSSR count). The molecule has 1 aromatic heterocycles. The number of tetrazole rings is 1. The van der Waals surface area contributed by atoms with Gasteiger partial charge in [0.25, 0.3) is 0 Å². The van der Waals surface area contributed by atoms with E-state index in [1.807, 2.05) is 49.5 Å². The quantitative estimate of drug-likeness (QED) is 0.156. The highest BCUT2D eigenvalue weighted by Crippen LogP contribution is 2.55. The van der Waals surface area contributed by atoms with Crippen molar-refractivity contribution >= 4 is 17.8 Å². The molecule has 5 aliphatic rings. The van der Waals surface area contributed by atoms with Gasteiger partial charge in [0.15, 0.2) is 6.29 Å². The lowest BCUT2D eigenvalue weighted by Gasteiger charge is -2.56. The van der Waals surface area contributed by atoms with Crippen molar-refractivity contribution in [2.24, 2.45) is 30.7 Å². The molecule has 4 aromatic rings. The highest BCUT2D eigenvalue weighted by molar-refractivity contribution is 7.99. The van der Waals surface area contributed by atoms with E-state index in [4.69, 9.17) is 9.47 Å². The molecule has 1 saturated heterocycles. The van der Waals surface area contributed by atoms with Crippen LogP contribution in [0.3, 0.4) is 0 Å². The van der Waals surface area contributed by atoms with Gasteiger partial charge in [0.1, 0.15) is 0 Å². The summed E-state index contributed by atoms with van der Waals surface area (Å²) in [5, 5.41) is 28.8. The molecule has 4 bridgehead atoms. The van der Waals surface area contributed by atoms with Gasteiger partial charge in [-0.3, -0.25) is 0 Å². The van der Waals surface area contributed by atoms with Crippen molar-refractivity contribution in [2.75, 3.05) is 5.75 Å². The third-order valence-electron chi connectivity index (χ3n) is 11.4. The normalized spacial score (nSPS) is 29.9. The molecule has 11 heteroatoms. The van der Waals surface area contributed by atoms with Crippen LogP contribution in [0.4, 0.5) is 4.79 Å². The Morgan fingerprint density at radius 2 is 1.62 bits per heavy atom. The van der Waals surface area contributed by atoms with E-state index < -0.39 is 6.29 Å². The van der Waals surface area contributed by atoms with E-state index in [2.05, 4.69) is 63.4 Å². The summed E-state index contributed by atoms with van der Waals surface area (Å²) in [6.07, 6.45) is 6.55. The number of rotatable bonds is 10. The average Bonchev–Trinajstić information content (AvgIpc) is 3.54. The molecule has 3 aromatic carbocycles. The van der Waals surface area contributed by atoms with Gasteiger partial charge in [0, 0.05) is 36.4 Å². The molecule has 10 nitrogen and oxygen atoms in total. The van der Waals surface area contributed by atoms with Gasteiger partial charge in [-0.15, -0.1) is 5.10 Å². The van der Waals surface area contributed by atoms with Crippen LogP contribution in [0.15, 0.2) is 78.0 Å². The fraction of sp³-hybridized carbons (Fsp3) is 0.487. The molecule has 4 saturated carbocycles. The maximum Gasteiger partial charge on any atom is 0.315 e. The number of aliphatic hydroxyl groups is 1. The molecular formula is C39H46N6O4S. The zero-order valence-corrected chi connectivity index (χ0v) is 29.5. The van der Waals surface area contributed by atoms with Gasteiger partial charge in [-0.05, 0) is 107 Å². The van der Waals surface area contributed by atoms with Crippen LogP contribution in [0, 0.1) is 23.7 Å². The van der Waals surface area contributed by atoms with Crippen LogP contribution < -0.4 is 10.6 Å². The number of aryl methyl sites for hydroxylation is 1. The second-order valence-electron chi connectivity index (χ2n) is 15.0. The zero-order chi connectivity index (χ0) is 34.2. The van der Waals surface area contributed by atoms with Crippen molar-refractivity contribution in [2.45, 2.75) is 87.8 Å². The number of urea groups is 1. The van der Waals surface area contributed by atoms with Crippen LogP contribution >= 0.6 is 11.8 Å². The number of ether oxygens (including phenoxy) is 2. The molecule has 3 N–H and O–H groups in total. The predicted octanol–water partition coefficient (Wildman–Crippen LogP) is 6.72. The second-order valence-corrected chi connectivity index (χ2v) is 16.0. The number of hydrogen-bond acceptors (Lipinski definition) is 8. The van der Waals surface area contributed by atoms with E-state index >= 15 is 0 Å². The van der Waals surface area contributed by atoms with Crippen molar-refractivity contribution in [3.63, 3.8) is 0 Å². The molecule has 1 aliphatic heterocycles. The minimum absolute atomic E-state index is 0.00279. The molecule has 0 radical (unpaired) electrons. The Balaban J connectivity index is 0.968. The molecule has 50 heavy (non-hydrogen) atoms. The fourth-order valence-corrected chi connectivity index (χ4v) is 10.3. The number of nitrogens with zero attached hydrogens (tertiary/aromatic N) is 4. The minimum Gasteiger partial charge on any atom is -0.392 e. The van der Waals surface area contributed by atoms with Crippen molar-refractivity contribution < 1.29 is 19.4 Å². The van der Waals surface area contributed by atoms with E-state index in [9.17, 15) is 9.90 Å². The number of carbonyl (C=O) groups excluding carboxylic acids is 1. The van der Waals surface area contributed by atoms with Crippen LogP contribution in [-0.2, 0) is 29.7 Å². The lowest BCUT2D eigenvalue weighted by atomic mass is 9.53. The number of aromatic nitrogens is 4. The molecule has 4 aliphatic carbocycles. The van der Waals surface area contributed by atoms with Crippen molar-refractivity contribution in [3.8, 4) is 11.1 Å². The molecule has 2 heterocycles. The first-order chi connectivity index (χ1) is 24.3. The lowest BCUT2D eigenvalue weighted by molar-refractivity contribution is -0.268. The Morgan fingerprint density at radius 1 is 0.920 bits per heavy atom. The summed E-state index contributed by atoms with van der Waals surface area (Å²) in [6.45, 7) is 2.62. The molecular weight excluding hydrogens is 649 g/mol. The highest BCUT2D eigenvalue weighted by atomic mass is 32.2. The van der Waals surface area contributed by atoms with Gasteiger partial charge in [-0.25, -0.2) is 9.48 Å².